The van der Waals surface area contributed by atoms with Crippen molar-refractivity contribution in [3.63, 3.8) is 0 Å². The highest BCUT2D eigenvalue weighted by Gasteiger charge is 2.41. The van der Waals surface area contributed by atoms with Gasteiger partial charge in [0.05, 0.1) is 0 Å². The maximum atomic E-state index is 12.8. The highest BCUT2D eigenvalue weighted by Crippen LogP contribution is 2.23. The van der Waals surface area contributed by atoms with Crippen LogP contribution in [0.2, 0.25) is 0 Å². The molecule has 0 aliphatic carbocycles. The van der Waals surface area contributed by atoms with Crippen molar-refractivity contribution in [1.29, 1.82) is 0 Å². The highest BCUT2D eigenvalue weighted by molar-refractivity contribution is 5.90. The summed E-state index contributed by atoms with van der Waals surface area (Å²) in [4.78, 5) is 39.0. The number of carbonyl (C=O) groups is 3. The van der Waals surface area contributed by atoms with Gasteiger partial charge in [-0.25, -0.2) is 9.59 Å². The van der Waals surface area contributed by atoms with Crippen molar-refractivity contribution in [3.8, 4) is 0 Å². The molecule has 2 unspecified atom stereocenters. The van der Waals surface area contributed by atoms with E-state index in [-0.39, 0.29) is 11.8 Å². The molecule has 7 heteroatoms. The van der Waals surface area contributed by atoms with E-state index >= 15 is 0 Å². The minimum Gasteiger partial charge on any atom is -0.480 e. The lowest BCUT2D eigenvalue weighted by Gasteiger charge is -2.35. The number of likely N-dealkylation sites (N-methyl/N-ethyl adjacent to an activating group) is 1. The van der Waals surface area contributed by atoms with Gasteiger partial charge in [-0.1, -0.05) is 13.8 Å². The van der Waals surface area contributed by atoms with E-state index < -0.39 is 29.7 Å². The van der Waals surface area contributed by atoms with Crippen molar-refractivity contribution in [1.82, 2.24) is 9.80 Å². The molecule has 132 valence electrons. The number of carboxylic acids is 1. The molecule has 1 saturated heterocycles. The fraction of sp³-hybridized carbons (Fsp3) is 0.812. The topological polar surface area (TPSA) is 87.2 Å². The van der Waals surface area contributed by atoms with Crippen LogP contribution in [0, 0.1) is 5.92 Å². The summed E-state index contributed by atoms with van der Waals surface area (Å²) in [6.45, 7) is 9.33. The molecule has 0 saturated carbocycles. The van der Waals surface area contributed by atoms with E-state index in [1.807, 2.05) is 13.8 Å². The van der Waals surface area contributed by atoms with Gasteiger partial charge in [-0.2, -0.15) is 0 Å². The van der Waals surface area contributed by atoms with E-state index in [4.69, 9.17) is 4.74 Å². The third kappa shape index (κ3) is 4.84. The smallest absolute Gasteiger partial charge is 0.410 e. The summed E-state index contributed by atoms with van der Waals surface area (Å²) in [5, 5.41) is 9.25. The van der Waals surface area contributed by atoms with Crippen LogP contribution in [-0.2, 0) is 14.3 Å². The number of hydrogen-bond donors (Lipinski definition) is 1. The molecule has 1 heterocycles. The molecule has 2 amide bonds. The van der Waals surface area contributed by atoms with Gasteiger partial charge in [-0.05, 0) is 39.5 Å². The average molecular weight is 328 g/mol. The van der Waals surface area contributed by atoms with Crippen LogP contribution in [0.15, 0.2) is 0 Å². The molecule has 0 aromatic rings. The summed E-state index contributed by atoms with van der Waals surface area (Å²) in [6, 6.07) is -1.56. The molecular weight excluding hydrogens is 300 g/mol. The lowest BCUT2D eigenvalue weighted by Crippen LogP contribution is -2.54. The Bertz CT molecular complexity index is 470. The van der Waals surface area contributed by atoms with Crippen LogP contribution in [0.1, 0.15) is 47.5 Å². The number of hydrogen-bond acceptors (Lipinski definition) is 4. The van der Waals surface area contributed by atoms with Gasteiger partial charge in [-0.3, -0.25) is 9.69 Å². The van der Waals surface area contributed by atoms with Crippen LogP contribution >= 0.6 is 0 Å². The molecule has 0 aromatic heterocycles. The Kier molecular flexibility index (Phi) is 6.02. The van der Waals surface area contributed by atoms with Crippen molar-refractivity contribution in [3.05, 3.63) is 0 Å². The molecule has 1 N–H and O–H groups in total. The number of rotatable bonds is 4. The maximum Gasteiger partial charge on any atom is 0.410 e. The fourth-order valence-corrected chi connectivity index (χ4v) is 2.80. The summed E-state index contributed by atoms with van der Waals surface area (Å²) in [6.07, 6.45) is 0.516. The zero-order valence-corrected chi connectivity index (χ0v) is 14.8. The number of carboxylic acid groups (broad SMARTS) is 1. The summed E-state index contributed by atoms with van der Waals surface area (Å²) < 4.78 is 5.32. The first-order valence-corrected chi connectivity index (χ1v) is 7.94. The summed E-state index contributed by atoms with van der Waals surface area (Å²) in [5.41, 5.74) is -0.660. The minimum atomic E-state index is -1.00. The molecule has 1 aliphatic rings. The van der Waals surface area contributed by atoms with Crippen LogP contribution in [0.3, 0.4) is 0 Å². The summed E-state index contributed by atoms with van der Waals surface area (Å²) >= 11 is 0. The van der Waals surface area contributed by atoms with Crippen LogP contribution in [-0.4, -0.2) is 64.2 Å². The first-order chi connectivity index (χ1) is 10.5. The van der Waals surface area contributed by atoms with Crippen molar-refractivity contribution >= 4 is 18.0 Å². The summed E-state index contributed by atoms with van der Waals surface area (Å²) in [7, 11) is 1.52. The molecule has 0 aromatic carbocycles. The Morgan fingerprint density at radius 3 is 2.26 bits per heavy atom. The quantitative estimate of drug-likeness (QED) is 0.852. The number of carbonyl (C=O) groups excluding carboxylic acids is 2. The van der Waals surface area contributed by atoms with E-state index in [2.05, 4.69) is 0 Å². The number of nitrogens with zero attached hydrogens (tertiary/aromatic N) is 2. The third-order valence-electron chi connectivity index (χ3n) is 3.80. The fourth-order valence-electron chi connectivity index (χ4n) is 2.80. The second-order valence-corrected chi connectivity index (χ2v) is 7.31. The Hall–Kier alpha value is -1.79. The van der Waals surface area contributed by atoms with Crippen LogP contribution in [0.25, 0.3) is 0 Å². The zero-order chi connectivity index (χ0) is 17.9. The third-order valence-corrected chi connectivity index (χ3v) is 3.80. The molecule has 0 spiro atoms. The Labute approximate surface area is 137 Å². The SMILES string of the molecule is CC(C)C(C(=O)N1CCCC1C(=O)O)N(C)C(=O)OC(C)(C)C. The second kappa shape index (κ2) is 7.19. The molecule has 7 nitrogen and oxygen atoms in total. The van der Waals surface area contributed by atoms with Crippen LogP contribution in [0.4, 0.5) is 4.79 Å². The average Bonchev–Trinajstić information content (AvgIpc) is 2.85. The van der Waals surface area contributed by atoms with Crippen LogP contribution in [0.5, 0.6) is 0 Å². The Balaban J connectivity index is 2.95. The van der Waals surface area contributed by atoms with Crippen molar-refractivity contribution in [2.45, 2.75) is 65.1 Å². The first-order valence-electron chi connectivity index (χ1n) is 7.94. The van der Waals surface area contributed by atoms with Gasteiger partial charge < -0.3 is 14.7 Å². The van der Waals surface area contributed by atoms with Gasteiger partial charge in [0.25, 0.3) is 0 Å². The van der Waals surface area contributed by atoms with E-state index in [1.54, 1.807) is 20.8 Å². The predicted molar refractivity (Wildman–Crippen MR) is 85.0 cm³/mol. The molecule has 1 rings (SSSR count). The van der Waals surface area contributed by atoms with Gasteiger partial charge in [0.15, 0.2) is 0 Å². The Morgan fingerprint density at radius 1 is 1.26 bits per heavy atom. The normalized spacial score (nSPS) is 19.6. The summed E-state index contributed by atoms with van der Waals surface area (Å²) in [5.74, 6) is -1.49. The molecule has 1 aliphatic heterocycles. The lowest BCUT2D eigenvalue weighted by molar-refractivity contribution is -0.150. The molecule has 0 bridgehead atoms. The highest BCUT2D eigenvalue weighted by atomic mass is 16.6. The Morgan fingerprint density at radius 2 is 1.83 bits per heavy atom. The standard InChI is InChI=1S/C16H28N2O5/c1-10(2)12(17(6)15(22)23-16(3,4)5)13(19)18-9-7-8-11(18)14(20)21/h10-12H,7-9H2,1-6H3,(H,20,21). The van der Waals surface area contributed by atoms with Crippen LogP contribution < -0.4 is 0 Å². The number of amides is 2. The van der Waals surface area contributed by atoms with Gasteiger partial charge in [0.1, 0.15) is 17.7 Å². The first kappa shape index (κ1) is 19.3. The van der Waals surface area contributed by atoms with Gasteiger partial charge in [0.2, 0.25) is 5.91 Å². The minimum absolute atomic E-state index is 0.157. The van der Waals surface area contributed by atoms with Crippen molar-refractivity contribution in [2.24, 2.45) is 5.92 Å². The van der Waals surface area contributed by atoms with E-state index in [0.717, 1.165) is 0 Å². The molecule has 0 radical (unpaired) electrons. The lowest BCUT2D eigenvalue weighted by atomic mass is 10.0. The zero-order valence-electron chi connectivity index (χ0n) is 14.8. The molecule has 2 atom stereocenters. The number of aliphatic carboxylic acids is 1. The van der Waals surface area contributed by atoms with E-state index in [1.165, 1.54) is 16.8 Å². The van der Waals surface area contributed by atoms with Gasteiger partial charge in [-0.15, -0.1) is 0 Å². The number of likely N-dealkylation sites (tertiary alicyclic amines) is 1. The number of ether oxygens (including phenoxy) is 1. The van der Waals surface area contributed by atoms with Crippen molar-refractivity contribution in [2.75, 3.05) is 13.6 Å². The second-order valence-electron chi connectivity index (χ2n) is 7.31. The molecule has 23 heavy (non-hydrogen) atoms. The maximum absolute atomic E-state index is 12.8. The van der Waals surface area contributed by atoms with E-state index in [9.17, 15) is 19.5 Å². The van der Waals surface area contributed by atoms with Gasteiger partial charge in [0, 0.05) is 13.6 Å². The van der Waals surface area contributed by atoms with E-state index in [0.29, 0.717) is 19.4 Å². The monoisotopic (exact) mass is 328 g/mol. The van der Waals surface area contributed by atoms with Gasteiger partial charge >= 0.3 is 12.1 Å². The largest absolute Gasteiger partial charge is 0.480 e. The molecular formula is C16H28N2O5. The predicted octanol–water partition coefficient (Wildman–Crippen LogP) is 1.95. The van der Waals surface area contributed by atoms with Crippen molar-refractivity contribution < 1.29 is 24.2 Å². The molecule has 1 fully saturated rings.